The Balaban J connectivity index is 1.93. The lowest BCUT2D eigenvalue weighted by Crippen LogP contribution is -2.41. The van der Waals surface area contributed by atoms with Crippen LogP contribution in [0.2, 0.25) is 5.15 Å². The predicted octanol–water partition coefficient (Wildman–Crippen LogP) is 3.34. The summed E-state index contributed by atoms with van der Waals surface area (Å²) in [5, 5.41) is 0.110. The van der Waals surface area contributed by atoms with Crippen LogP contribution in [-0.4, -0.2) is 40.7 Å². The van der Waals surface area contributed by atoms with Crippen LogP contribution >= 0.6 is 11.6 Å². The van der Waals surface area contributed by atoms with E-state index in [1.807, 2.05) is 0 Å². The fraction of sp³-hybridized carbons (Fsp3) is 0.667. The maximum absolute atomic E-state index is 14.7. The molecule has 112 valence electrons. The standard InChI is InChI=1S/C12H14ClF4N3/c13-10-8-18-7-9(19-10)11(14)1-4-20(5-2-11)6-3-12(15,16)17/h7-8H,1-6H2. The molecular formula is C12H14ClF4N3. The smallest absolute Gasteiger partial charge is 0.303 e. The van der Waals surface area contributed by atoms with Gasteiger partial charge in [-0.1, -0.05) is 11.6 Å². The van der Waals surface area contributed by atoms with E-state index in [1.165, 1.54) is 12.4 Å². The van der Waals surface area contributed by atoms with Crippen LogP contribution in [0.3, 0.4) is 0 Å². The Hall–Kier alpha value is -0.950. The average Bonchev–Trinajstić information content (AvgIpc) is 2.37. The van der Waals surface area contributed by atoms with Crippen molar-refractivity contribution in [3.05, 3.63) is 23.2 Å². The molecule has 0 radical (unpaired) electrons. The summed E-state index contributed by atoms with van der Waals surface area (Å²) in [6.07, 6.45) is -2.23. The maximum atomic E-state index is 14.7. The highest BCUT2D eigenvalue weighted by Crippen LogP contribution is 2.36. The van der Waals surface area contributed by atoms with Crippen LogP contribution in [0.1, 0.15) is 25.0 Å². The fourth-order valence-corrected chi connectivity index (χ4v) is 2.38. The first-order chi connectivity index (χ1) is 9.28. The lowest BCUT2D eigenvalue weighted by molar-refractivity contribution is -0.139. The third-order valence-electron chi connectivity index (χ3n) is 3.42. The van der Waals surface area contributed by atoms with E-state index in [4.69, 9.17) is 11.6 Å². The Morgan fingerprint density at radius 3 is 2.45 bits per heavy atom. The van der Waals surface area contributed by atoms with Crippen LogP contribution in [0.15, 0.2) is 12.4 Å². The molecule has 8 heteroatoms. The zero-order valence-corrected chi connectivity index (χ0v) is 11.4. The number of halogens is 5. The first-order valence-corrected chi connectivity index (χ1v) is 6.62. The van der Waals surface area contributed by atoms with Crippen LogP contribution < -0.4 is 0 Å². The fourth-order valence-electron chi connectivity index (χ4n) is 2.23. The molecule has 3 nitrogen and oxygen atoms in total. The van der Waals surface area contributed by atoms with Crippen LogP contribution in [-0.2, 0) is 5.67 Å². The molecular weight excluding hydrogens is 298 g/mol. The highest BCUT2D eigenvalue weighted by molar-refractivity contribution is 6.29. The van der Waals surface area contributed by atoms with Crippen molar-refractivity contribution >= 4 is 11.6 Å². The summed E-state index contributed by atoms with van der Waals surface area (Å²) in [6.45, 7) is 0.433. The number of rotatable bonds is 3. The topological polar surface area (TPSA) is 29.0 Å². The molecule has 0 bridgehead atoms. The van der Waals surface area contributed by atoms with Gasteiger partial charge in [-0.15, -0.1) is 0 Å². The molecule has 0 atom stereocenters. The van der Waals surface area contributed by atoms with E-state index in [0.717, 1.165) is 0 Å². The SMILES string of the molecule is FC(F)(F)CCN1CCC(F)(c2cncc(Cl)n2)CC1. The van der Waals surface area contributed by atoms with Crippen molar-refractivity contribution in [3.8, 4) is 0 Å². The van der Waals surface area contributed by atoms with Crippen LogP contribution in [0.4, 0.5) is 17.6 Å². The van der Waals surface area contributed by atoms with Gasteiger partial charge in [0.1, 0.15) is 5.15 Å². The monoisotopic (exact) mass is 311 g/mol. The van der Waals surface area contributed by atoms with Gasteiger partial charge in [-0.05, 0) is 12.8 Å². The van der Waals surface area contributed by atoms with Gasteiger partial charge in [0.15, 0.2) is 5.67 Å². The molecule has 0 aliphatic carbocycles. The molecule has 2 rings (SSSR count). The molecule has 0 spiro atoms. The summed E-state index contributed by atoms with van der Waals surface area (Å²) >= 11 is 5.68. The van der Waals surface area contributed by atoms with Gasteiger partial charge in [0.25, 0.3) is 0 Å². The maximum Gasteiger partial charge on any atom is 0.390 e. The van der Waals surface area contributed by atoms with Crippen LogP contribution in [0.5, 0.6) is 0 Å². The third-order valence-corrected chi connectivity index (χ3v) is 3.61. The molecule has 0 unspecified atom stereocenters. The summed E-state index contributed by atoms with van der Waals surface area (Å²) in [7, 11) is 0. The Bertz CT molecular complexity index is 458. The van der Waals surface area contributed by atoms with Gasteiger partial charge in [0.2, 0.25) is 0 Å². The van der Waals surface area contributed by atoms with Gasteiger partial charge >= 0.3 is 6.18 Å². The van der Waals surface area contributed by atoms with E-state index in [-0.39, 0.29) is 43.3 Å². The van der Waals surface area contributed by atoms with Gasteiger partial charge in [0, 0.05) is 19.6 Å². The number of aromatic nitrogens is 2. The summed E-state index contributed by atoms with van der Waals surface area (Å²) in [5.41, 5.74) is -1.51. The van der Waals surface area contributed by atoms with E-state index in [2.05, 4.69) is 9.97 Å². The van der Waals surface area contributed by atoms with E-state index in [9.17, 15) is 17.6 Å². The van der Waals surface area contributed by atoms with Crippen molar-refractivity contribution in [2.45, 2.75) is 31.1 Å². The minimum atomic E-state index is -4.18. The first-order valence-electron chi connectivity index (χ1n) is 6.25. The summed E-state index contributed by atoms with van der Waals surface area (Å²) in [4.78, 5) is 9.32. The first kappa shape index (κ1) is 15.4. The van der Waals surface area contributed by atoms with Crippen molar-refractivity contribution in [3.63, 3.8) is 0 Å². The average molecular weight is 312 g/mol. The third kappa shape index (κ3) is 4.02. The van der Waals surface area contributed by atoms with Gasteiger partial charge in [-0.2, -0.15) is 13.2 Å². The second kappa shape index (κ2) is 5.81. The van der Waals surface area contributed by atoms with Gasteiger partial charge in [-0.3, -0.25) is 4.98 Å². The summed E-state index contributed by atoms with van der Waals surface area (Å²) in [6, 6.07) is 0. The Labute approximate surface area is 119 Å². The molecule has 0 amide bonds. The van der Waals surface area contributed by atoms with E-state index in [1.54, 1.807) is 4.90 Å². The molecule has 1 aliphatic heterocycles. The molecule has 0 saturated carbocycles. The van der Waals surface area contributed by atoms with Crippen molar-refractivity contribution in [2.24, 2.45) is 0 Å². The number of piperidine rings is 1. The van der Waals surface area contributed by atoms with E-state index in [0.29, 0.717) is 0 Å². The molecule has 1 aromatic heterocycles. The molecule has 0 N–H and O–H groups in total. The molecule has 1 saturated heterocycles. The summed E-state index contributed by atoms with van der Waals surface area (Å²) in [5.74, 6) is 0. The van der Waals surface area contributed by atoms with Crippen molar-refractivity contribution in [2.75, 3.05) is 19.6 Å². The lowest BCUT2D eigenvalue weighted by atomic mass is 9.90. The number of nitrogens with zero attached hydrogens (tertiary/aromatic N) is 3. The van der Waals surface area contributed by atoms with E-state index < -0.39 is 18.3 Å². The second-order valence-electron chi connectivity index (χ2n) is 4.90. The van der Waals surface area contributed by atoms with Crippen molar-refractivity contribution < 1.29 is 17.6 Å². The highest BCUT2D eigenvalue weighted by Gasteiger charge is 2.38. The Kier molecular flexibility index (Phi) is 4.49. The van der Waals surface area contributed by atoms with Gasteiger partial charge < -0.3 is 4.90 Å². The number of likely N-dealkylation sites (tertiary alicyclic amines) is 1. The molecule has 20 heavy (non-hydrogen) atoms. The largest absolute Gasteiger partial charge is 0.390 e. The molecule has 2 heterocycles. The van der Waals surface area contributed by atoms with Crippen LogP contribution in [0, 0.1) is 0 Å². The Morgan fingerprint density at radius 1 is 1.25 bits per heavy atom. The van der Waals surface area contributed by atoms with Gasteiger partial charge in [0.05, 0.1) is 24.5 Å². The van der Waals surface area contributed by atoms with Crippen molar-refractivity contribution in [1.82, 2.24) is 14.9 Å². The zero-order valence-electron chi connectivity index (χ0n) is 10.6. The second-order valence-corrected chi connectivity index (χ2v) is 5.29. The quantitative estimate of drug-likeness (QED) is 0.802. The summed E-state index contributed by atoms with van der Waals surface area (Å²) < 4.78 is 51.1. The molecule has 0 aromatic carbocycles. The normalized spacial score (nSPS) is 20.1. The predicted molar refractivity (Wildman–Crippen MR) is 66.2 cm³/mol. The number of hydrogen-bond acceptors (Lipinski definition) is 3. The van der Waals surface area contributed by atoms with Crippen LogP contribution in [0.25, 0.3) is 0 Å². The molecule has 1 fully saturated rings. The highest BCUT2D eigenvalue weighted by atomic mass is 35.5. The zero-order chi connectivity index (χ0) is 14.8. The lowest BCUT2D eigenvalue weighted by Gasteiger charge is -2.35. The minimum absolute atomic E-state index is 0.0964. The molecule has 1 aromatic rings. The number of alkyl halides is 4. The van der Waals surface area contributed by atoms with Gasteiger partial charge in [-0.25, -0.2) is 9.37 Å². The number of hydrogen-bond donors (Lipinski definition) is 0. The molecule has 1 aliphatic rings. The van der Waals surface area contributed by atoms with E-state index >= 15 is 0 Å². The minimum Gasteiger partial charge on any atom is -0.303 e. The van der Waals surface area contributed by atoms with Crippen molar-refractivity contribution in [1.29, 1.82) is 0 Å². The Morgan fingerprint density at radius 2 is 1.90 bits per heavy atom.